The molecule has 2 rings (SSSR count). The van der Waals surface area contributed by atoms with Crippen molar-refractivity contribution in [1.29, 1.82) is 0 Å². The molecule has 1 heterocycles. The molecule has 4 nitrogen and oxygen atoms in total. The Bertz CT molecular complexity index is 408. The molecule has 2 atom stereocenters. The second kappa shape index (κ2) is 5.48. The van der Waals surface area contributed by atoms with Crippen molar-refractivity contribution in [3.05, 3.63) is 30.1 Å². The summed E-state index contributed by atoms with van der Waals surface area (Å²) >= 11 is 0. The Morgan fingerprint density at radius 1 is 1.50 bits per heavy atom. The van der Waals surface area contributed by atoms with E-state index in [1.165, 1.54) is 0 Å². The van der Waals surface area contributed by atoms with Crippen molar-refractivity contribution in [2.45, 2.75) is 38.7 Å². The quantitative estimate of drug-likeness (QED) is 0.856. The number of pyridine rings is 1. The van der Waals surface area contributed by atoms with Gasteiger partial charge in [0.2, 0.25) is 0 Å². The molecule has 1 aliphatic rings. The van der Waals surface area contributed by atoms with Crippen LogP contribution in [0.5, 0.6) is 0 Å². The lowest BCUT2D eigenvalue weighted by molar-refractivity contribution is 0.00190. The zero-order chi connectivity index (χ0) is 13.0. The summed E-state index contributed by atoms with van der Waals surface area (Å²) in [5, 5.41) is 13.0. The van der Waals surface area contributed by atoms with Crippen LogP contribution in [-0.2, 0) is 0 Å². The molecule has 1 saturated carbocycles. The summed E-state index contributed by atoms with van der Waals surface area (Å²) in [4.78, 5) is 15.8. The molecule has 98 valence electrons. The molecule has 1 amide bonds. The smallest absolute Gasteiger partial charge is 0.251 e. The van der Waals surface area contributed by atoms with Crippen LogP contribution >= 0.6 is 0 Å². The van der Waals surface area contributed by atoms with Gasteiger partial charge in [-0.3, -0.25) is 9.78 Å². The molecule has 1 aliphatic carbocycles. The van der Waals surface area contributed by atoms with Crippen molar-refractivity contribution in [2.75, 3.05) is 6.54 Å². The molecular weight excluding hydrogens is 228 g/mol. The van der Waals surface area contributed by atoms with Crippen LogP contribution in [0.3, 0.4) is 0 Å². The van der Waals surface area contributed by atoms with Crippen LogP contribution in [0.2, 0.25) is 0 Å². The fourth-order valence-electron chi connectivity index (χ4n) is 2.48. The number of nitrogens with zero attached hydrogens (tertiary/aromatic N) is 1. The van der Waals surface area contributed by atoms with Crippen LogP contribution in [-0.4, -0.2) is 28.6 Å². The monoisotopic (exact) mass is 248 g/mol. The van der Waals surface area contributed by atoms with E-state index in [2.05, 4.69) is 10.3 Å². The highest BCUT2D eigenvalue weighted by atomic mass is 16.3. The molecule has 2 N–H and O–H groups in total. The standard InChI is InChI=1S/C14H20N2O2/c1-14(7-3-2-4-12(14)17)10-16-13(18)11-5-8-15-9-6-11/h5-6,8-9,12,17H,2-4,7,10H2,1H3,(H,16,18)/t12-,14-/m0/s1. The average molecular weight is 248 g/mol. The third kappa shape index (κ3) is 2.88. The minimum atomic E-state index is -0.316. The van der Waals surface area contributed by atoms with Crippen molar-refractivity contribution in [3.8, 4) is 0 Å². The van der Waals surface area contributed by atoms with Gasteiger partial charge in [-0.05, 0) is 25.0 Å². The largest absolute Gasteiger partial charge is 0.392 e. The maximum absolute atomic E-state index is 11.9. The van der Waals surface area contributed by atoms with Gasteiger partial charge in [-0.25, -0.2) is 0 Å². The van der Waals surface area contributed by atoms with Gasteiger partial charge >= 0.3 is 0 Å². The highest BCUT2D eigenvalue weighted by molar-refractivity contribution is 5.93. The van der Waals surface area contributed by atoms with E-state index >= 15 is 0 Å². The second-order valence-electron chi connectivity index (χ2n) is 5.33. The van der Waals surface area contributed by atoms with Gasteiger partial charge in [-0.1, -0.05) is 19.8 Å². The first kappa shape index (κ1) is 13.0. The van der Waals surface area contributed by atoms with Crippen molar-refractivity contribution in [1.82, 2.24) is 10.3 Å². The average Bonchev–Trinajstić information content (AvgIpc) is 2.41. The molecule has 0 unspecified atom stereocenters. The molecule has 0 aromatic carbocycles. The van der Waals surface area contributed by atoms with Crippen LogP contribution in [0.4, 0.5) is 0 Å². The van der Waals surface area contributed by atoms with E-state index in [0.29, 0.717) is 12.1 Å². The maximum Gasteiger partial charge on any atom is 0.251 e. The van der Waals surface area contributed by atoms with Crippen molar-refractivity contribution >= 4 is 5.91 Å². The van der Waals surface area contributed by atoms with E-state index in [0.717, 1.165) is 25.7 Å². The Labute approximate surface area is 107 Å². The number of hydrogen-bond donors (Lipinski definition) is 2. The Kier molecular flexibility index (Phi) is 3.97. The lowest BCUT2D eigenvalue weighted by Crippen LogP contribution is -2.45. The molecule has 4 heteroatoms. The number of aromatic nitrogens is 1. The SMILES string of the molecule is C[C@@]1(CNC(=O)c2ccncc2)CCCC[C@@H]1O. The molecule has 0 bridgehead atoms. The maximum atomic E-state index is 11.9. The molecule has 18 heavy (non-hydrogen) atoms. The Balaban J connectivity index is 1.93. The second-order valence-corrected chi connectivity index (χ2v) is 5.33. The number of carbonyl (C=O) groups excluding carboxylic acids is 1. The first-order chi connectivity index (χ1) is 8.62. The lowest BCUT2D eigenvalue weighted by atomic mass is 9.73. The van der Waals surface area contributed by atoms with Gasteiger partial charge < -0.3 is 10.4 Å². The summed E-state index contributed by atoms with van der Waals surface area (Å²) < 4.78 is 0. The Hall–Kier alpha value is -1.42. The third-order valence-electron chi connectivity index (χ3n) is 3.88. The van der Waals surface area contributed by atoms with Gasteiger partial charge in [0, 0.05) is 29.9 Å². The predicted molar refractivity (Wildman–Crippen MR) is 69.2 cm³/mol. The van der Waals surface area contributed by atoms with Crippen molar-refractivity contribution in [2.24, 2.45) is 5.41 Å². The summed E-state index contributed by atoms with van der Waals surface area (Å²) in [6, 6.07) is 3.38. The molecule has 0 saturated heterocycles. The van der Waals surface area contributed by atoms with Crippen LogP contribution in [0.1, 0.15) is 43.0 Å². The summed E-state index contributed by atoms with van der Waals surface area (Å²) in [5.41, 5.74) is 0.417. The normalized spacial score (nSPS) is 27.8. The molecule has 1 aromatic rings. The number of amides is 1. The fraction of sp³-hybridized carbons (Fsp3) is 0.571. The molecule has 0 spiro atoms. The van der Waals surface area contributed by atoms with Gasteiger partial charge in [0.1, 0.15) is 0 Å². The number of carbonyl (C=O) groups is 1. The minimum absolute atomic E-state index is 0.101. The molecule has 0 radical (unpaired) electrons. The van der Waals surface area contributed by atoms with E-state index in [-0.39, 0.29) is 17.4 Å². The topological polar surface area (TPSA) is 62.2 Å². The Morgan fingerprint density at radius 3 is 2.89 bits per heavy atom. The Morgan fingerprint density at radius 2 is 2.22 bits per heavy atom. The number of hydrogen-bond acceptors (Lipinski definition) is 3. The summed E-state index contributed by atoms with van der Waals surface area (Å²) in [5.74, 6) is -0.101. The van der Waals surface area contributed by atoms with E-state index in [1.54, 1.807) is 24.5 Å². The van der Waals surface area contributed by atoms with Gasteiger partial charge in [-0.2, -0.15) is 0 Å². The van der Waals surface area contributed by atoms with E-state index < -0.39 is 0 Å². The predicted octanol–water partition coefficient (Wildman–Crippen LogP) is 1.75. The van der Waals surface area contributed by atoms with Crippen LogP contribution in [0.25, 0.3) is 0 Å². The van der Waals surface area contributed by atoms with Crippen molar-refractivity contribution < 1.29 is 9.90 Å². The van der Waals surface area contributed by atoms with E-state index in [9.17, 15) is 9.90 Å². The number of aliphatic hydroxyl groups is 1. The van der Waals surface area contributed by atoms with Crippen molar-refractivity contribution in [3.63, 3.8) is 0 Å². The third-order valence-corrected chi connectivity index (χ3v) is 3.88. The zero-order valence-electron chi connectivity index (χ0n) is 10.7. The summed E-state index contributed by atoms with van der Waals surface area (Å²) in [6.07, 6.45) is 6.89. The highest BCUT2D eigenvalue weighted by Crippen LogP contribution is 2.35. The summed E-state index contributed by atoms with van der Waals surface area (Å²) in [6.45, 7) is 2.57. The van der Waals surface area contributed by atoms with Gasteiger partial charge in [0.05, 0.1) is 6.10 Å². The van der Waals surface area contributed by atoms with Gasteiger partial charge in [0.15, 0.2) is 0 Å². The van der Waals surface area contributed by atoms with E-state index in [4.69, 9.17) is 0 Å². The van der Waals surface area contributed by atoms with Crippen LogP contribution in [0.15, 0.2) is 24.5 Å². The fourth-order valence-corrected chi connectivity index (χ4v) is 2.48. The highest BCUT2D eigenvalue weighted by Gasteiger charge is 2.35. The summed E-state index contributed by atoms with van der Waals surface area (Å²) in [7, 11) is 0. The first-order valence-electron chi connectivity index (χ1n) is 6.48. The molecule has 0 aliphatic heterocycles. The number of rotatable bonds is 3. The molecule has 1 fully saturated rings. The minimum Gasteiger partial charge on any atom is -0.392 e. The molecular formula is C14H20N2O2. The first-order valence-corrected chi connectivity index (χ1v) is 6.48. The molecule has 1 aromatic heterocycles. The number of aliphatic hydroxyl groups excluding tert-OH is 1. The number of nitrogens with one attached hydrogen (secondary N) is 1. The van der Waals surface area contributed by atoms with E-state index in [1.807, 2.05) is 6.92 Å². The zero-order valence-corrected chi connectivity index (χ0v) is 10.7. The van der Waals surface area contributed by atoms with Crippen LogP contribution < -0.4 is 5.32 Å². The lowest BCUT2D eigenvalue weighted by Gasteiger charge is -2.38. The van der Waals surface area contributed by atoms with Crippen LogP contribution in [0, 0.1) is 5.41 Å². The van der Waals surface area contributed by atoms with Gasteiger partial charge in [-0.15, -0.1) is 0 Å². The van der Waals surface area contributed by atoms with Gasteiger partial charge in [0.25, 0.3) is 5.91 Å².